The summed E-state index contributed by atoms with van der Waals surface area (Å²) in [6.07, 6.45) is 4.93. The molecule has 2 heteroatoms. The third-order valence-electron chi connectivity index (χ3n) is 3.90. The summed E-state index contributed by atoms with van der Waals surface area (Å²) in [5.74, 6) is 0.351. The van der Waals surface area contributed by atoms with E-state index in [0.717, 1.165) is 13.0 Å². The van der Waals surface area contributed by atoms with Crippen molar-refractivity contribution in [2.45, 2.75) is 45.6 Å². The summed E-state index contributed by atoms with van der Waals surface area (Å²) in [7, 11) is 0. The minimum atomic E-state index is 0.351. The van der Waals surface area contributed by atoms with Crippen molar-refractivity contribution in [3.8, 4) is 5.75 Å². The first-order chi connectivity index (χ1) is 8.14. The van der Waals surface area contributed by atoms with Crippen molar-refractivity contribution >= 4 is 0 Å². The van der Waals surface area contributed by atoms with Gasteiger partial charge in [-0.2, -0.15) is 0 Å². The average molecular weight is 233 g/mol. The maximum Gasteiger partial charge on any atom is 0.115 e. The Morgan fingerprint density at radius 2 is 1.94 bits per heavy atom. The summed E-state index contributed by atoms with van der Waals surface area (Å²) in [6, 6.07) is 8.19. The molecular formula is C15H23NO. The zero-order valence-electron chi connectivity index (χ0n) is 10.9. The molecule has 1 aliphatic rings. The van der Waals surface area contributed by atoms with Crippen molar-refractivity contribution in [3.63, 3.8) is 0 Å². The van der Waals surface area contributed by atoms with Gasteiger partial charge in [0, 0.05) is 6.04 Å². The molecule has 2 N–H and O–H groups in total. The number of nitrogens with one attached hydrogen (secondary N) is 1. The van der Waals surface area contributed by atoms with Crippen LogP contribution in [0.1, 0.15) is 38.7 Å². The van der Waals surface area contributed by atoms with Crippen LogP contribution in [0.2, 0.25) is 0 Å². The minimum Gasteiger partial charge on any atom is -0.508 e. The molecular weight excluding hydrogens is 210 g/mol. The van der Waals surface area contributed by atoms with E-state index < -0.39 is 0 Å². The molecule has 1 aromatic carbocycles. The molecule has 1 atom stereocenters. The van der Waals surface area contributed by atoms with Crippen LogP contribution in [0.4, 0.5) is 0 Å². The summed E-state index contributed by atoms with van der Waals surface area (Å²) >= 11 is 0. The number of hydrogen-bond donors (Lipinski definition) is 2. The number of phenolic OH excluding ortho intramolecular Hbond substituents is 1. The molecule has 2 nitrogen and oxygen atoms in total. The fourth-order valence-electron chi connectivity index (χ4n) is 2.30. The molecule has 1 unspecified atom stereocenters. The van der Waals surface area contributed by atoms with Crippen LogP contribution in [-0.2, 0) is 6.42 Å². The van der Waals surface area contributed by atoms with Gasteiger partial charge in [0.05, 0.1) is 0 Å². The molecule has 0 aromatic heterocycles. The first-order valence-corrected chi connectivity index (χ1v) is 6.65. The Kier molecular flexibility index (Phi) is 3.72. The van der Waals surface area contributed by atoms with Crippen molar-refractivity contribution < 1.29 is 5.11 Å². The molecule has 17 heavy (non-hydrogen) atoms. The number of benzene rings is 1. The Balaban J connectivity index is 1.99. The van der Waals surface area contributed by atoms with E-state index in [9.17, 15) is 5.11 Å². The molecule has 1 fully saturated rings. The van der Waals surface area contributed by atoms with Crippen LogP contribution in [0.25, 0.3) is 0 Å². The van der Waals surface area contributed by atoms with E-state index in [4.69, 9.17) is 0 Å². The Bertz CT molecular complexity index is 354. The number of aromatic hydroxyl groups is 1. The van der Waals surface area contributed by atoms with Crippen molar-refractivity contribution in [2.75, 3.05) is 6.54 Å². The van der Waals surface area contributed by atoms with Gasteiger partial charge in [-0.05, 0) is 55.3 Å². The molecule has 2 rings (SSSR count). The van der Waals surface area contributed by atoms with Gasteiger partial charge in [0.15, 0.2) is 0 Å². The van der Waals surface area contributed by atoms with Crippen molar-refractivity contribution in [1.29, 1.82) is 0 Å². The first kappa shape index (κ1) is 12.4. The Morgan fingerprint density at radius 1 is 1.29 bits per heavy atom. The SMILES string of the molecule is CCCNC(Cc1ccc(O)cc1)C1(C)CC1. The molecule has 0 heterocycles. The van der Waals surface area contributed by atoms with Crippen LogP contribution in [0.5, 0.6) is 5.75 Å². The maximum atomic E-state index is 9.29. The van der Waals surface area contributed by atoms with Crippen molar-refractivity contribution in [2.24, 2.45) is 5.41 Å². The van der Waals surface area contributed by atoms with E-state index in [1.807, 2.05) is 12.1 Å². The molecule has 0 bridgehead atoms. The molecule has 94 valence electrons. The van der Waals surface area contributed by atoms with Crippen LogP contribution in [0.15, 0.2) is 24.3 Å². The molecule has 0 radical (unpaired) electrons. The third kappa shape index (κ3) is 3.22. The van der Waals surface area contributed by atoms with Crippen LogP contribution in [0, 0.1) is 5.41 Å². The molecule has 0 amide bonds. The zero-order chi connectivity index (χ0) is 12.3. The molecule has 0 saturated heterocycles. The van der Waals surface area contributed by atoms with Crippen LogP contribution < -0.4 is 5.32 Å². The van der Waals surface area contributed by atoms with Gasteiger partial charge in [0.1, 0.15) is 5.75 Å². The molecule has 0 aliphatic heterocycles. The van der Waals surface area contributed by atoms with Crippen LogP contribution in [0.3, 0.4) is 0 Å². The third-order valence-corrected chi connectivity index (χ3v) is 3.90. The van der Waals surface area contributed by atoms with E-state index in [-0.39, 0.29) is 0 Å². The highest BCUT2D eigenvalue weighted by atomic mass is 16.3. The van der Waals surface area contributed by atoms with Gasteiger partial charge in [0.25, 0.3) is 0 Å². The standard InChI is InChI=1S/C15H23NO/c1-3-10-16-14(15(2)8-9-15)11-12-4-6-13(17)7-5-12/h4-7,14,16-17H,3,8-11H2,1-2H3. The Morgan fingerprint density at radius 3 is 2.47 bits per heavy atom. The van der Waals surface area contributed by atoms with Crippen LogP contribution >= 0.6 is 0 Å². The van der Waals surface area contributed by atoms with Gasteiger partial charge in [-0.25, -0.2) is 0 Å². The van der Waals surface area contributed by atoms with Gasteiger partial charge < -0.3 is 10.4 Å². The zero-order valence-corrected chi connectivity index (χ0v) is 10.9. The summed E-state index contributed by atoms with van der Waals surface area (Å²) < 4.78 is 0. The second kappa shape index (κ2) is 5.09. The predicted molar refractivity (Wildman–Crippen MR) is 71.2 cm³/mol. The van der Waals surface area contributed by atoms with E-state index in [0.29, 0.717) is 17.2 Å². The van der Waals surface area contributed by atoms with E-state index in [2.05, 4.69) is 19.2 Å². The molecule has 1 aliphatic carbocycles. The summed E-state index contributed by atoms with van der Waals surface area (Å²) in [6.45, 7) is 5.68. The largest absolute Gasteiger partial charge is 0.508 e. The van der Waals surface area contributed by atoms with E-state index >= 15 is 0 Å². The van der Waals surface area contributed by atoms with Gasteiger partial charge in [0.2, 0.25) is 0 Å². The minimum absolute atomic E-state index is 0.351. The topological polar surface area (TPSA) is 32.3 Å². The highest BCUT2D eigenvalue weighted by molar-refractivity contribution is 5.27. The lowest BCUT2D eigenvalue weighted by molar-refractivity contribution is 0.354. The lowest BCUT2D eigenvalue weighted by atomic mass is 9.92. The fourth-order valence-corrected chi connectivity index (χ4v) is 2.30. The van der Waals surface area contributed by atoms with Crippen LogP contribution in [-0.4, -0.2) is 17.7 Å². The second-order valence-corrected chi connectivity index (χ2v) is 5.53. The van der Waals surface area contributed by atoms with E-state index in [1.165, 1.54) is 24.8 Å². The number of rotatable bonds is 6. The monoisotopic (exact) mass is 233 g/mol. The van der Waals surface area contributed by atoms with Gasteiger partial charge in [-0.3, -0.25) is 0 Å². The maximum absolute atomic E-state index is 9.29. The highest BCUT2D eigenvalue weighted by Crippen LogP contribution is 2.48. The van der Waals surface area contributed by atoms with Crippen molar-refractivity contribution in [3.05, 3.63) is 29.8 Å². The van der Waals surface area contributed by atoms with Gasteiger partial charge in [-0.15, -0.1) is 0 Å². The van der Waals surface area contributed by atoms with E-state index in [1.54, 1.807) is 12.1 Å². The lowest BCUT2D eigenvalue weighted by Gasteiger charge is -2.25. The summed E-state index contributed by atoms with van der Waals surface area (Å²) in [5, 5.41) is 13.0. The smallest absolute Gasteiger partial charge is 0.115 e. The molecule has 1 aromatic rings. The second-order valence-electron chi connectivity index (χ2n) is 5.53. The number of phenols is 1. The quantitative estimate of drug-likeness (QED) is 0.791. The highest BCUT2D eigenvalue weighted by Gasteiger charge is 2.44. The first-order valence-electron chi connectivity index (χ1n) is 6.65. The summed E-state index contributed by atoms with van der Waals surface area (Å²) in [5.41, 5.74) is 1.80. The van der Waals surface area contributed by atoms with Crippen molar-refractivity contribution in [1.82, 2.24) is 5.32 Å². The lowest BCUT2D eigenvalue weighted by Crippen LogP contribution is -2.38. The fraction of sp³-hybridized carbons (Fsp3) is 0.600. The normalized spacial score (nSPS) is 18.9. The van der Waals surface area contributed by atoms with Gasteiger partial charge in [-0.1, -0.05) is 26.0 Å². The predicted octanol–water partition coefficient (Wildman–Crippen LogP) is 3.10. The summed E-state index contributed by atoms with van der Waals surface area (Å²) in [4.78, 5) is 0. The average Bonchev–Trinajstić information content (AvgIpc) is 3.06. The number of hydrogen-bond acceptors (Lipinski definition) is 2. The Hall–Kier alpha value is -1.02. The Labute approximate surface area is 104 Å². The molecule has 0 spiro atoms. The molecule has 1 saturated carbocycles. The van der Waals surface area contributed by atoms with Gasteiger partial charge >= 0.3 is 0 Å².